The minimum Gasteiger partial charge on any atom is -0.497 e. The van der Waals surface area contributed by atoms with Gasteiger partial charge in [-0.2, -0.15) is 5.10 Å². The fraction of sp³-hybridized carbons (Fsp3) is 0.143. The van der Waals surface area contributed by atoms with Gasteiger partial charge in [0, 0.05) is 12.1 Å². The number of anilines is 2. The Morgan fingerprint density at radius 3 is 2.39 bits per heavy atom. The molecule has 1 aliphatic rings. The molecule has 0 fully saturated rings. The van der Waals surface area contributed by atoms with Gasteiger partial charge >= 0.3 is 6.03 Å². The van der Waals surface area contributed by atoms with Crippen LogP contribution in [0.3, 0.4) is 0 Å². The van der Waals surface area contributed by atoms with Crippen LogP contribution in [0.4, 0.5) is 16.2 Å². The maximum atomic E-state index is 12.9. The van der Waals surface area contributed by atoms with Gasteiger partial charge in [-0.15, -0.1) is 0 Å². The number of hydrazone groups is 1. The highest BCUT2D eigenvalue weighted by Gasteiger charge is 2.31. The summed E-state index contributed by atoms with van der Waals surface area (Å²) in [5.74, 6) is 1.42. The van der Waals surface area contributed by atoms with Crippen molar-refractivity contribution in [2.24, 2.45) is 5.10 Å². The normalized spacial score (nSPS) is 15.2. The van der Waals surface area contributed by atoms with Crippen LogP contribution in [-0.2, 0) is 10.0 Å². The number of carbonyl (C=O) groups is 1. The van der Waals surface area contributed by atoms with Crippen molar-refractivity contribution >= 4 is 33.1 Å². The summed E-state index contributed by atoms with van der Waals surface area (Å²) in [7, 11) is -2.48. The number of benzene rings is 3. The molecule has 1 aliphatic heterocycles. The lowest BCUT2D eigenvalue weighted by Crippen LogP contribution is -2.34. The number of urea groups is 1. The number of amides is 2. The number of ether oxygens (including phenoxy) is 1. The molecule has 0 saturated carbocycles. The lowest BCUT2D eigenvalue weighted by molar-refractivity contribution is 0.256. The molecule has 194 valence electrons. The quantitative estimate of drug-likeness (QED) is 0.328. The second-order valence-corrected chi connectivity index (χ2v) is 10.4. The predicted octanol–water partition coefficient (Wildman–Crippen LogP) is 5.46. The van der Waals surface area contributed by atoms with E-state index in [4.69, 9.17) is 14.3 Å². The van der Waals surface area contributed by atoms with Crippen molar-refractivity contribution in [2.75, 3.05) is 17.4 Å². The summed E-state index contributed by atoms with van der Waals surface area (Å²) in [6.07, 6.45) is 2.20. The summed E-state index contributed by atoms with van der Waals surface area (Å²) < 4.78 is 38.7. The Morgan fingerprint density at radius 2 is 1.74 bits per heavy atom. The molecule has 0 radical (unpaired) electrons. The maximum Gasteiger partial charge on any atom is 0.333 e. The lowest BCUT2D eigenvalue weighted by atomic mass is 10.0. The molecule has 3 aromatic carbocycles. The molecule has 2 N–H and O–H groups in total. The average Bonchev–Trinajstić information content (AvgIpc) is 3.61. The van der Waals surface area contributed by atoms with Gasteiger partial charge in [0.1, 0.15) is 17.2 Å². The second-order valence-electron chi connectivity index (χ2n) is 8.73. The van der Waals surface area contributed by atoms with Gasteiger partial charge in [-0.25, -0.2) is 17.9 Å². The molecular weight excluding hydrogens is 504 g/mol. The number of nitrogens with one attached hydrogen (secondary N) is 2. The van der Waals surface area contributed by atoms with E-state index in [9.17, 15) is 13.2 Å². The van der Waals surface area contributed by atoms with Crippen LogP contribution in [0, 0.1) is 6.92 Å². The van der Waals surface area contributed by atoms with Crippen LogP contribution in [0.5, 0.6) is 5.75 Å². The smallest absolute Gasteiger partial charge is 0.333 e. The van der Waals surface area contributed by atoms with Crippen LogP contribution in [-0.4, -0.2) is 27.3 Å². The third kappa shape index (κ3) is 5.25. The first-order chi connectivity index (χ1) is 18.3. The van der Waals surface area contributed by atoms with Crippen LogP contribution in [0.1, 0.15) is 29.3 Å². The average molecular weight is 531 g/mol. The van der Waals surface area contributed by atoms with E-state index >= 15 is 0 Å². The van der Waals surface area contributed by atoms with Crippen molar-refractivity contribution in [2.45, 2.75) is 24.3 Å². The first-order valence-corrected chi connectivity index (χ1v) is 13.4. The molecule has 0 saturated heterocycles. The summed E-state index contributed by atoms with van der Waals surface area (Å²) in [6, 6.07) is 23.8. The van der Waals surface area contributed by atoms with Crippen molar-refractivity contribution in [1.82, 2.24) is 4.72 Å². The van der Waals surface area contributed by atoms with Gasteiger partial charge in [0.25, 0.3) is 10.0 Å². The van der Waals surface area contributed by atoms with Gasteiger partial charge in [-0.1, -0.05) is 30.3 Å². The summed E-state index contributed by atoms with van der Waals surface area (Å²) in [4.78, 5) is 12.3. The zero-order chi connectivity index (χ0) is 26.7. The molecule has 10 heteroatoms. The van der Waals surface area contributed by atoms with Crippen molar-refractivity contribution in [3.8, 4) is 5.75 Å². The van der Waals surface area contributed by atoms with Crippen LogP contribution < -0.4 is 19.8 Å². The molecule has 0 aliphatic carbocycles. The third-order valence-electron chi connectivity index (χ3n) is 6.25. The maximum absolute atomic E-state index is 12.9. The van der Waals surface area contributed by atoms with E-state index in [1.807, 2.05) is 60.5 Å². The van der Waals surface area contributed by atoms with E-state index in [0.717, 1.165) is 22.6 Å². The van der Waals surface area contributed by atoms with Gasteiger partial charge in [0.05, 0.1) is 30.0 Å². The van der Waals surface area contributed by atoms with Crippen molar-refractivity contribution in [3.05, 3.63) is 108 Å². The third-order valence-corrected chi connectivity index (χ3v) is 7.60. The highest BCUT2D eigenvalue weighted by atomic mass is 32.2. The van der Waals surface area contributed by atoms with E-state index in [-0.39, 0.29) is 10.9 Å². The van der Waals surface area contributed by atoms with Crippen molar-refractivity contribution in [3.63, 3.8) is 0 Å². The number of hydrogen-bond donors (Lipinski definition) is 2. The number of sulfonamides is 1. The van der Waals surface area contributed by atoms with Gasteiger partial charge in [0.2, 0.25) is 0 Å². The molecule has 38 heavy (non-hydrogen) atoms. The molecule has 4 aromatic rings. The number of nitrogens with zero attached hydrogens (tertiary/aromatic N) is 2. The first-order valence-electron chi connectivity index (χ1n) is 11.9. The van der Waals surface area contributed by atoms with E-state index in [1.165, 1.54) is 12.1 Å². The fourth-order valence-corrected chi connectivity index (χ4v) is 5.15. The topological polar surface area (TPSA) is 113 Å². The molecule has 1 atom stereocenters. The molecule has 9 nitrogen and oxygen atoms in total. The van der Waals surface area contributed by atoms with Crippen LogP contribution in [0.15, 0.2) is 106 Å². The van der Waals surface area contributed by atoms with E-state index in [0.29, 0.717) is 23.6 Å². The van der Waals surface area contributed by atoms with Gasteiger partial charge in [-0.05, 0) is 72.6 Å². The Hall–Kier alpha value is -4.57. The SMILES string of the molecule is COc1ccc(C2CC(c3ccco3)=NN2c2ccc(S(=O)(=O)NC(=O)Nc3ccccc3C)cc2)cc1. The zero-order valence-corrected chi connectivity index (χ0v) is 21.6. The Bertz CT molecular complexity index is 1560. The number of furan rings is 1. The van der Waals surface area contributed by atoms with Crippen LogP contribution >= 0.6 is 0 Å². The highest BCUT2D eigenvalue weighted by molar-refractivity contribution is 7.90. The first kappa shape index (κ1) is 25.1. The molecular formula is C28H26N4O5S. The second kappa shape index (κ2) is 10.4. The van der Waals surface area contributed by atoms with Crippen LogP contribution in [0.25, 0.3) is 0 Å². The van der Waals surface area contributed by atoms with E-state index in [1.54, 1.807) is 37.6 Å². The zero-order valence-electron chi connectivity index (χ0n) is 20.8. The van der Waals surface area contributed by atoms with Crippen LogP contribution in [0.2, 0.25) is 0 Å². The molecule has 1 aromatic heterocycles. The van der Waals surface area contributed by atoms with Crippen molar-refractivity contribution in [1.29, 1.82) is 0 Å². The largest absolute Gasteiger partial charge is 0.497 e. The number of carbonyl (C=O) groups excluding carboxylic acids is 1. The summed E-state index contributed by atoms with van der Waals surface area (Å²) in [5, 5.41) is 9.20. The van der Waals surface area contributed by atoms with Gasteiger partial charge in [-0.3, -0.25) is 5.01 Å². The number of para-hydroxylation sites is 1. The van der Waals surface area contributed by atoms with Crippen molar-refractivity contribution < 1.29 is 22.4 Å². The molecule has 0 bridgehead atoms. The lowest BCUT2D eigenvalue weighted by Gasteiger charge is -2.24. The summed E-state index contributed by atoms with van der Waals surface area (Å²) in [5.41, 5.74) is 3.83. The minimum absolute atomic E-state index is 0.0448. The van der Waals surface area contributed by atoms with Gasteiger partial charge in [0.15, 0.2) is 0 Å². The number of aryl methyl sites for hydroxylation is 1. The number of rotatable bonds is 7. The number of hydrogen-bond acceptors (Lipinski definition) is 7. The predicted molar refractivity (Wildman–Crippen MR) is 145 cm³/mol. The summed E-state index contributed by atoms with van der Waals surface area (Å²) in [6.45, 7) is 1.82. The Morgan fingerprint density at radius 1 is 1.00 bits per heavy atom. The Balaban J connectivity index is 1.37. The van der Waals surface area contributed by atoms with Gasteiger partial charge < -0.3 is 14.5 Å². The minimum atomic E-state index is -4.10. The van der Waals surface area contributed by atoms with E-state index in [2.05, 4.69) is 10.0 Å². The molecule has 1 unspecified atom stereocenters. The molecule has 5 rings (SSSR count). The Kier molecular flexibility index (Phi) is 6.89. The number of methoxy groups -OCH3 is 1. The van der Waals surface area contributed by atoms with E-state index < -0.39 is 16.1 Å². The monoisotopic (exact) mass is 530 g/mol. The Labute approximate surface area is 220 Å². The molecule has 2 amide bonds. The standard InChI is InChI=1S/C28H26N4O5S/c1-19-6-3-4-7-24(19)29-28(33)31-38(34,35)23-15-11-21(12-16-23)32-26(20-9-13-22(36-2)14-10-20)18-25(30-32)27-8-5-17-37-27/h3-17,26H,18H2,1-2H3,(H2,29,31,33). The molecule has 0 spiro atoms. The molecule has 2 heterocycles. The fourth-order valence-electron chi connectivity index (χ4n) is 4.25. The summed E-state index contributed by atoms with van der Waals surface area (Å²) >= 11 is 0. The highest BCUT2D eigenvalue weighted by Crippen LogP contribution is 2.37.